The lowest BCUT2D eigenvalue weighted by molar-refractivity contribution is -0.127. The van der Waals surface area contributed by atoms with E-state index >= 15 is 0 Å². The van der Waals surface area contributed by atoms with Crippen molar-refractivity contribution in [3.8, 4) is 6.07 Å². The molecule has 2 N–H and O–H groups in total. The zero-order chi connectivity index (χ0) is 19.5. The fourth-order valence-corrected chi connectivity index (χ4v) is 4.01. The quantitative estimate of drug-likeness (QED) is 0.839. The standard InChI is InChI=1S/C22H24N4O2/c23-12-20(14-9-10-14)26-22(28)17-6-2-4-8-19(17)25-21(27)16-11-15-5-1-3-7-18(15)24-13-16/h1,3,5,7,11,13-14,17,19-20H,2,4,6,8-10H2,(H,25,27)(H,26,28)/t17-,19+,20?/m1/s1. The van der Waals surface area contributed by atoms with Crippen LogP contribution in [0.25, 0.3) is 10.9 Å². The summed E-state index contributed by atoms with van der Waals surface area (Å²) in [5.74, 6) is -0.322. The van der Waals surface area contributed by atoms with E-state index < -0.39 is 6.04 Å². The van der Waals surface area contributed by atoms with Gasteiger partial charge < -0.3 is 10.6 Å². The Morgan fingerprint density at radius 2 is 1.93 bits per heavy atom. The number of fused-ring (bicyclic) bond motifs is 1. The third-order valence-electron chi connectivity index (χ3n) is 5.80. The van der Waals surface area contributed by atoms with Crippen LogP contribution in [0.3, 0.4) is 0 Å². The van der Waals surface area contributed by atoms with Crippen molar-refractivity contribution in [1.29, 1.82) is 5.26 Å². The van der Waals surface area contributed by atoms with Crippen LogP contribution in [0.1, 0.15) is 48.9 Å². The smallest absolute Gasteiger partial charge is 0.253 e. The Morgan fingerprint density at radius 3 is 2.71 bits per heavy atom. The molecular formula is C22H24N4O2. The second-order valence-corrected chi connectivity index (χ2v) is 7.84. The number of pyridine rings is 1. The van der Waals surface area contributed by atoms with E-state index in [1.807, 2.05) is 30.3 Å². The van der Waals surface area contributed by atoms with E-state index in [2.05, 4.69) is 21.7 Å². The molecule has 2 aromatic rings. The van der Waals surface area contributed by atoms with E-state index in [1.165, 1.54) is 0 Å². The summed E-state index contributed by atoms with van der Waals surface area (Å²) in [4.78, 5) is 29.9. The van der Waals surface area contributed by atoms with Crippen LogP contribution in [-0.4, -0.2) is 28.9 Å². The number of nitrogens with one attached hydrogen (secondary N) is 2. The molecule has 1 aromatic heterocycles. The van der Waals surface area contributed by atoms with Gasteiger partial charge in [0, 0.05) is 17.6 Å². The Kier molecular flexibility index (Phi) is 5.25. The van der Waals surface area contributed by atoms with Gasteiger partial charge in [0.25, 0.3) is 5.91 Å². The fourth-order valence-electron chi connectivity index (χ4n) is 4.01. The molecule has 0 radical (unpaired) electrons. The van der Waals surface area contributed by atoms with E-state index in [9.17, 15) is 14.9 Å². The molecule has 6 nitrogen and oxygen atoms in total. The lowest BCUT2D eigenvalue weighted by Gasteiger charge is -2.31. The SMILES string of the molecule is N#CC(NC(=O)[C@@H]1CCCC[C@@H]1NC(=O)c1cnc2ccccc2c1)C1CC1. The first kappa shape index (κ1) is 18.4. The van der Waals surface area contributed by atoms with E-state index in [4.69, 9.17) is 0 Å². The van der Waals surface area contributed by atoms with Crippen molar-refractivity contribution in [3.63, 3.8) is 0 Å². The zero-order valence-corrected chi connectivity index (χ0v) is 15.7. The largest absolute Gasteiger partial charge is 0.348 e. The molecule has 1 unspecified atom stereocenters. The number of carbonyl (C=O) groups is 2. The number of aromatic nitrogens is 1. The first-order chi connectivity index (χ1) is 13.7. The Bertz CT molecular complexity index is 932. The summed E-state index contributed by atoms with van der Waals surface area (Å²) in [6.07, 6.45) is 7.02. The number of para-hydroxylation sites is 1. The summed E-state index contributed by atoms with van der Waals surface area (Å²) in [6, 6.07) is 11.1. The number of amides is 2. The van der Waals surface area contributed by atoms with Crippen LogP contribution < -0.4 is 10.6 Å². The molecule has 1 heterocycles. The molecule has 2 saturated carbocycles. The second-order valence-electron chi connectivity index (χ2n) is 7.84. The first-order valence-corrected chi connectivity index (χ1v) is 10.0. The Hall–Kier alpha value is -2.94. The van der Waals surface area contributed by atoms with Crippen molar-refractivity contribution in [2.45, 2.75) is 50.6 Å². The minimum absolute atomic E-state index is 0.111. The van der Waals surface area contributed by atoms with Crippen LogP contribution in [0.2, 0.25) is 0 Å². The molecule has 6 heteroatoms. The third-order valence-corrected chi connectivity index (χ3v) is 5.80. The highest BCUT2D eigenvalue weighted by atomic mass is 16.2. The summed E-state index contributed by atoms with van der Waals surface area (Å²) >= 11 is 0. The number of nitriles is 1. The maximum absolute atomic E-state index is 12.8. The van der Waals surface area contributed by atoms with Crippen molar-refractivity contribution in [1.82, 2.24) is 15.6 Å². The highest BCUT2D eigenvalue weighted by Crippen LogP contribution is 2.33. The van der Waals surface area contributed by atoms with Gasteiger partial charge >= 0.3 is 0 Å². The zero-order valence-electron chi connectivity index (χ0n) is 15.7. The average Bonchev–Trinajstić information content (AvgIpc) is 3.57. The van der Waals surface area contributed by atoms with Crippen LogP contribution >= 0.6 is 0 Å². The van der Waals surface area contributed by atoms with Gasteiger partial charge in [-0.2, -0.15) is 5.26 Å². The predicted molar refractivity (Wildman–Crippen MR) is 105 cm³/mol. The van der Waals surface area contributed by atoms with Crippen LogP contribution in [0, 0.1) is 23.2 Å². The van der Waals surface area contributed by atoms with E-state index in [0.29, 0.717) is 5.56 Å². The monoisotopic (exact) mass is 376 g/mol. The molecule has 2 aliphatic rings. The maximum Gasteiger partial charge on any atom is 0.253 e. The number of hydrogen-bond donors (Lipinski definition) is 2. The van der Waals surface area contributed by atoms with E-state index in [0.717, 1.165) is 49.4 Å². The minimum atomic E-state index is -0.407. The van der Waals surface area contributed by atoms with Gasteiger partial charge in [0.1, 0.15) is 6.04 Å². The van der Waals surface area contributed by atoms with Crippen LogP contribution in [0.15, 0.2) is 36.5 Å². The highest BCUT2D eigenvalue weighted by molar-refractivity contribution is 5.97. The number of benzene rings is 1. The van der Waals surface area contributed by atoms with E-state index in [-0.39, 0.29) is 29.7 Å². The molecule has 0 saturated heterocycles. The molecule has 2 amide bonds. The summed E-state index contributed by atoms with van der Waals surface area (Å²) in [6.45, 7) is 0. The second kappa shape index (κ2) is 7.97. The van der Waals surface area contributed by atoms with Crippen LogP contribution in [0.5, 0.6) is 0 Å². The van der Waals surface area contributed by atoms with Gasteiger partial charge in [-0.05, 0) is 43.7 Å². The van der Waals surface area contributed by atoms with Gasteiger partial charge in [-0.15, -0.1) is 0 Å². The number of hydrogen-bond acceptors (Lipinski definition) is 4. The number of nitrogens with zero attached hydrogens (tertiary/aromatic N) is 2. The third kappa shape index (κ3) is 3.99. The minimum Gasteiger partial charge on any atom is -0.348 e. The molecule has 0 spiro atoms. The van der Waals surface area contributed by atoms with Crippen LogP contribution in [-0.2, 0) is 4.79 Å². The maximum atomic E-state index is 12.8. The van der Waals surface area contributed by atoms with Gasteiger partial charge in [-0.3, -0.25) is 14.6 Å². The molecule has 3 atom stereocenters. The fraction of sp³-hybridized carbons (Fsp3) is 0.455. The lowest BCUT2D eigenvalue weighted by atomic mass is 9.83. The molecule has 2 fully saturated rings. The average molecular weight is 376 g/mol. The Labute approximate surface area is 164 Å². The molecule has 28 heavy (non-hydrogen) atoms. The summed E-state index contributed by atoms with van der Waals surface area (Å²) in [5, 5.41) is 16.1. The van der Waals surface area contributed by atoms with Crippen molar-refractivity contribution in [2.75, 3.05) is 0 Å². The van der Waals surface area contributed by atoms with Gasteiger partial charge in [0.2, 0.25) is 5.91 Å². The topological polar surface area (TPSA) is 94.9 Å². The lowest BCUT2D eigenvalue weighted by Crippen LogP contribution is -2.50. The van der Waals surface area contributed by atoms with Crippen molar-refractivity contribution < 1.29 is 9.59 Å². The van der Waals surface area contributed by atoms with Crippen molar-refractivity contribution in [2.24, 2.45) is 11.8 Å². The highest BCUT2D eigenvalue weighted by Gasteiger charge is 2.37. The molecule has 4 rings (SSSR count). The molecule has 1 aromatic carbocycles. The van der Waals surface area contributed by atoms with E-state index in [1.54, 1.807) is 6.20 Å². The molecular weight excluding hydrogens is 352 g/mol. The van der Waals surface area contributed by atoms with Crippen molar-refractivity contribution in [3.05, 3.63) is 42.1 Å². The summed E-state index contributed by atoms with van der Waals surface area (Å²) in [5.41, 5.74) is 1.34. The predicted octanol–water partition coefficient (Wildman–Crippen LogP) is 2.94. The van der Waals surface area contributed by atoms with Gasteiger partial charge in [0.15, 0.2) is 0 Å². The number of carbonyl (C=O) groups excluding carboxylic acids is 2. The van der Waals surface area contributed by atoms with Gasteiger partial charge in [-0.25, -0.2) is 0 Å². The first-order valence-electron chi connectivity index (χ1n) is 10.0. The van der Waals surface area contributed by atoms with Crippen molar-refractivity contribution >= 4 is 22.7 Å². The van der Waals surface area contributed by atoms with Gasteiger partial charge in [0.05, 0.1) is 23.1 Å². The molecule has 0 aliphatic heterocycles. The summed E-state index contributed by atoms with van der Waals surface area (Å²) in [7, 11) is 0. The molecule has 2 aliphatic carbocycles. The Balaban J connectivity index is 1.45. The Morgan fingerprint density at radius 1 is 1.14 bits per heavy atom. The molecule has 144 valence electrons. The summed E-state index contributed by atoms with van der Waals surface area (Å²) < 4.78 is 0. The number of rotatable bonds is 5. The molecule has 0 bridgehead atoms. The van der Waals surface area contributed by atoms with Crippen LogP contribution in [0.4, 0.5) is 0 Å². The van der Waals surface area contributed by atoms with Gasteiger partial charge in [-0.1, -0.05) is 31.0 Å². The normalized spacial score (nSPS) is 22.8.